The second-order valence-electron chi connectivity index (χ2n) is 3.25. The van der Waals surface area contributed by atoms with Crippen molar-refractivity contribution in [3.63, 3.8) is 0 Å². The van der Waals surface area contributed by atoms with Crippen LogP contribution in [0.4, 0.5) is 0 Å². The Balaban J connectivity index is 2.25. The number of aromatic amines is 1. The lowest BCUT2D eigenvalue weighted by Crippen LogP contribution is -2.04. The molecule has 2 rings (SSSR count). The van der Waals surface area contributed by atoms with Gasteiger partial charge in [0.2, 0.25) is 0 Å². The van der Waals surface area contributed by atoms with Gasteiger partial charge in [0, 0.05) is 17.7 Å². The highest BCUT2D eigenvalue weighted by atomic mass is 16.1. The van der Waals surface area contributed by atoms with Crippen LogP contribution in [0.5, 0.6) is 0 Å². The lowest BCUT2D eigenvalue weighted by Gasteiger charge is -1.95. The van der Waals surface area contributed by atoms with Crippen LogP contribution in [0.25, 0.3) is 0 Å². The molecule has 0 unspecified atom stereocenters. The molecular weight excluding hydrogens is 152 g/mol. The number of nitrogens with one attached hydrogen (secondary N) is 1. The van der Waals surface area contributed by atoms with Crippen LogP contribution in [0, 0.1) is 5.92 Å². The zero-order valence-corrected chi connectivity index (χ0v) is 7.13. The molecule has 3 heteroatoms. The molecule has 3 nitrogen and oxygen atoms in total. The molecule has 0 spiro atoms. The summed E-state index contributed by atoms with van der Waals surface area (Å²) in [5, 5.41) is 6.72. The molecule has 1 aliphatic carbocycles. The van der Waals surface area contributed by atoms with Gasteiger partial charge in [-0.25, -0.2) is 0 Å². The number of nitrogens with zero attached hydrogens (tertiary/aromatic N) is 1. The van der Waals surface area contributed by atoms with Gasteiger partial charge in [-0.2, -0.15) is 5.10 Å². The van der Waals surface area contributed by atoms with Gasteiger partial charge in [0.25, 0.3) is 0 Å². The van der Waals surface area contributed by atoms with E-state index in [-0.39, 0.29) is 11.7 Å². The number of carbonyl (C=O) groups is 1. The van der Waals surface area contributed by atoms with Crippen molar-refractivity contribution in [3.05, 3.63) is 17.5 Å². The third kappa shape index (κ3) is 1.15. The van der Waals surface area contributed by atoms with Crippen molar-refractivity contribution < 1.29 is 4.79 Å². The minimum atomic E-state index is 0.230. The van der Waals surface area contributed by atoms with Crippen LogP contribution in [-0.4, -0.2) is 16.0 Å². The van der Waals surface area contributed by atoms with Gasteiger partial charge in [0.1, 0.15) is 5.69 Å². The quantitative estimate of drug-likeness (QED) is 0.689. The van der Waals surface area contributed by atoms with E-state index < -0.39 is 0 Å². The van der Waals surface area contributed by atoms with Gasteiger partial charge in [0.05, 0.1) is 0 Å². The Morgan fingerprint density at radius 3 is 3.08 bits per heavy atom. The van der Waals surface area contributed by atoms with E-state index in [1.807, 2.05) is 13.1 Å². The molecule has 0 amide bonds. The second kappa shape index (κ2) is 2.73. The highest BCUT2D eigenvalue weighted by Gasteiger charge is 2.32. The molecular formula is C9H12N2O. The van der Waals surface area contributed by atoms with Crippen molar-refractivity contribution in [3.8, 4) is 0 Å². The Morgan fingerprint density at radius 1 is 1.75 bits per heavy atom. The number of carbonyl (C=O) groups excluding carboxylic acids is 1. The minimum Gasteiger partial charge on any atom is -0.292 e. The van der Waals surface area contributed by atoms with Gasteiger partial charge in [-0.1, -0.05) is 6.92 Å². The molecule has 12 heavy (non-hydrogen) atoms. The molecule has 0 radical (unpaired) electrons. The average molecular weight is 164 g/mol. The monoisotopic (exact) mass is 164 g/mol. The molecule has 0 bridgehead atoms. The third-order valence-electron chi connectivity index (χ3n) is 2.28. The number of hydrogen-bond donors (Lipinski definition) is 1. The number of aromatic nitrogens is 2. The molecule has 0 aliphatic heterocycles. The molecule has 0 aromatic carbocycles. The predicted molar refractivity (Wildman–Crippen MR) is 45.0 cm³/mol. The fourth-order valence-electron chi connectivity index (χ4n) is 1.34. The van der Waals surface area contributed by atoms with Gasteiger partial charge in [-0.3, -0.25) is 9.89 Å². The number of aryl methyl sites for hydroxylation is 1. The van der Waals surface area contributed by atoms with Crippen LogP contribution in [-0.2, 0) is 6.42 Å². The van der Waals surface area contributed by atoms with E-state index in [9.17, 15) is 4.79 Å². The summed E-state index contributed by atoms with van der Waals surface area (Å²) in [5.41, 5.74) is 1.71. The summed E-state index contributed by atoms with van der Waals surface area (Å²) < 4.78 is 0. The first-order valence-electron chi connectivity index (χ1n) is 4.39. The summed E-state index contributed by atoms with van der Waals surface area (Å²) in [5.74, 6) is 0.506. The Bertz CT molecular complexity index is 299. The van der Waals surface area contributed by atoms with Crippen molar-refractivity contribution in [1.29, 1.82) is 0 Å². The van der Waals surface area contributed by atoms with Gasteiger partial charge in [-0.05, 0) is 19.3 Å². The molecule has 1 fully saturated rings. The van der Waals surface area contributed by atoms with Gasteiger partial charge in [0.15, 0.2) is 5.78 Å². The maximum atomic E-state index is 11.6. The van der Waals surface area contributed by atoms with Crippen LogP contribution in [0.1, 0.15) is 35.8 Å². The van der Waals surface area contributed by atoms with Crippen molar-refractivity contribution in [2.75, 3.05) is 0 Å². The molecule has 0 saturated heterocycles. The zero-order valence-electron chi connectivity index (χ0n) is 7.13. The normalized spacial score (nSPS) is 16.4. The summed E-state index contributed by atoms with van der Waals surface area (Å²) in [6.07, 6.45) is 4.80. The fraction of sp³-hybridized carbons (Fsp3) is 0.556. The average Bonchev–Trinajstić information content (AvgIpc) is 2.82. The smallest absolute Gasteiger partial charge is 0.186 e. The first kappa shape index (κ1) is 7.53. The van der Waals surface area contributed by atoms with Crippen molar-refractivity contribution in [1.82, 2.24) is 10.2 Å². The molecule has 1 heterocycles. The topological polar surface area (TPSA) is 45.8 Å². The SMILES string of the molecule is CCc1c[nH]nc1C(=O)C1CC1. The summed E-state index contributed by atoms with van der Waals surface area (Å²) >= 11 is 0. The lowest BCUT2D eigenvalue weighted by atomic mass is 10.1. The van der Waals surface area contributed by atoms with Crippen LogP contribution >= 0.6 is 0 Å². The Hall–Kier alpha value is -1.12. The van der Waals surface area contributed by atoms with Crippen LogP contribution in [0.2, 0.25) is 0 Å². The molecule has 1 aromatic rings. The Labute approximate surface area is 71.2 Å². The maximum Gasteiger partial charge on any atom is 0.186 e. The van der Waals surface area contributed by atoms with E-state index in [0.717, 1.165) is 24.8 Å². The molecule has 1 aliphatic rings. The van der Waals surface area contributed by atoms with Crippen molar-refractivity contribution in [2.24, 2.45) is 5.92 Å². The fourth-order valence-corrected chi connectivity index (χ4v) is 1.34. The van der Waals surface area contributed by atoms with E-state index in [1.54, 1.807) is 0 Å². The molecule has 1 N–H and O–H groups in total. The van der Waals surface area contributed by atoms with E-state index >= 15 is 0 Å². The number of Topliss-reactive ketones (excluding diaryl/α,β-unsaturated/α-hetero) is 1. The van der Waals surface area contributed by atoms with Crippen LogP contribution < -0.4 is 0 Å². The highest BCUT2D eigenvalue weighted by Crippen LogP contribution is 2.32. The zero-order chi connectivity index (χ0) is 8.55. The van der Waals surface area contributed by atoms with Crippen molar-refractivity contribution >= 4 is 5.78 Å². The molecule has 1 saturated carbocycles. The van der Waals surface area contributed by atoms with Crippen molar-refractivity contribution in [2.45, 2.75) is 26.2 Å². The first-order valence-corrected chi connectivity index (χ1v) is 4.39. The Kier molecular flexibility index (Phi) is 1.71. The predicted octanol–water partition coefficient (Wildman–Crippen LogP) is 1.56. The molecule has 1 aromatic heterocycles. The summed E-state index contributed by atoms with van der Waals surface area (Å²) in [7, 11) is 0. The molecule has 64 valence electrons. The van der Waals surface area contributed by atoms with Gasteiger partial charge < -0.3 is 0 Å². The third-order valence-corrected chi connectivity index (χ3v) is 2.28. The molecule has 0 atom stereocenters. The largest absolute Gasteiger partial charge is 0.292 e. The van der Waals surface area contributed by atoms with Gasteiger partial charge >= 0.3 is 0 Å². The standard InChI is InChI=1S/C9H12N2O/c1-2-6-5-10-11-8(6)9(12)7-3-4-7/h5,7H,2-4H2,1H3,(H,10,11). The summed E-state index contributed by atoms with van der Waals surface area (Å²) in [6, 6.07) is 0. The van der Waals surface area contributed by atoms with E-state index in [0.29, 0.717) is 5.69 Å². The van der Waals surface area contributed by atoms with Gasteiger partial charge in [-0.15, -0.1) is 0 Å². The summed E-state index contributed by atoms with van der Waals surface area (Å²) in [6.45, 7) is 2.04. The summed E-state index contributed by atoms with van der Waals surface area (Å²) in [4.78, 5) is 11.6. The van der Waals surface area contributed by atoms with Crippen LogP contribution in [0.15, 0.2) is 6.20 Å². The maximum absolute atomic E-state index is 11.6. The lowest BCUT2D eigenvalue weighted by molar-refractivity contribution is 0.0962. The number of H-pyrrole nitrogens is 1. The first-order chi connectivity index (χ1) is 5.83. The Morgan fingerprint density at radius 2 is 2.50 bits per heavy atom. The number of ketones is 1. The minimum absolute atomic E-state index is 0.230. The van der Waals surface area contributed by atoms with E-state index in [4.69, 9.17) is 0 Å². The second-order valence-corrected chi connectivity index (χ2v) is 3.25. The highest BCUT2D eigenvalue weighted by molar-refractivity contribution is 5.98. The number of rotatable bonds is 3. The number of hydrogen-bond acceptors (Lipinski definition) is 2. The van der Waals surface area contributed by atoms with E-state index in [1.165, 1.54) is 0 Å². The van der Waals surface area contributed by atoms with E-state index in [2.05, 4.69) is 10.2 Å². The van der Waals surface area contributed by atoms with Crippen LogP contribution in [0.3, 0.4) is 0 Å².